The SMILES string of the molecule is O=S(=O)([O-])[O-].[Hf+4].[NH4+]. The molecule has 0 radical (unpaired) electrons. The molecule has 0 rings (SSSR count). The Bertz CT molecular complexity index is 94.9. The Hall–Kier alpha value is 0.700. The third-order valence-electron chi connectivity index (χ3n) is 0. The smallest absolute Gasteiger partial charge is 0.759 e. The average Bonchev–Trinajstić information content (AvgIpc) is 0.722. The van der Waals surface area contributed by atoms with Crippen LogP contribution in [0.3, 0.4) is 0 Å². The zero-order valence-electron chi connectivity index (χ0n) is 3.54. The van der Waals surface area contributed by atoms with Crippen molar-refractivity contribution in [2.24, 2.45) is 0 Å². The molecule has 0 aliphatic heterocycles. The molecule has 0 heterocycles. The van der Waals surface area contributed by atoms with Gasteiger partial charge in [-0.15, -0.1) is 0 Å². The van der Waals surface area contributed by atoms with Crippen LogP contribution < -0.4 is 6.15 Å². The standard InChI is InChI=1S/Hf.H3N.H2O4S/c;;1-5(2,3)4/h;1H3;(H2,1,2,3,4)/q+4;;/p-1. The van der Waals surface area contributed by atoms with Crippen molar-refractivity contribution in [3.63, 3.8) is 0 Å². The molecular formula is H4HfNO4S+3. The van der Waals surface area contributed by atoms with Crippen molar-refractivity contribution in [2.75, 3.05) is 0 Å². The predicted molar refractivity (Wildman–Crippen MR) is 16.5 cm³/mol. The number of hydrogen-bond donors (Lipinski definition) is 1. The summed E-state index contributed by atoms with van der Waals surface area (Å²) in [4.78, 5) is 0. The number of quaternary nitrogens is 1. The van der Waals surface area contributed by atoms with Gasteiger partial charge in [-0.05, 0) is 0 Å². The van der Waals surface area contributed by atoms with Crippen LogP contribution in [-0.4, -0.2) is 17.5 Å². The summed E-state index contributed by atoms with van der Waals surface area (Å²) in [5.41, 5.74) is 0. The van der Waals surface area contributed by atoms with Gasteiger partial charge in [-0.25, -0.2) is 0 Å². The summed E-state index contributed by atoms with van der Waals surface area (Å²) in [5, 5.41) is 0. The molecule has 4 N–H and O–H groups in total. The molecule has 0 saturated carbocycles. The number of hydrogen-bond acceptors (Lipinski definition) is 4. The van der Waals surface area contributed by atoms with Crippen LogP contribution in [0.25, 0.3) is 0 Å². The van der Waals surface area contributed by atoms with E-state index in [4.69, 9.17) is 17.5 Å². The van der Waals surface area contributed by atoms with E-state index < -0.39 is 10.4 Å². The van der Waals surface area contributed by atoms with E-state index in [9.17, 15) is 0 Å². The Morgan fingerprint density at radius 1 is 1.14 bits per heavy atom. The van der Waals surface area contributed by atoms with E-state index in [1.54, 1.807) is 0 Å². The van der Waals surface area contributed by atoms with Crippen molar-refractivity contribution in [3.05, 3.63) is 0 Å². The topological polar surface area (TPSA) is 117 Å². The Kier molecular flexibility index (Phi) is 10.8. The van der Waals surface area contributed by atoms with Crippen molar-refractivity contribution in [1.82, 2.24) is 6.15 Å². The Labute approximate surface area is 60.1 Å². The zero-order valence-corrected chi connectivity index (χ0v) is 7.95. The minimum Gasteiger partial charge on any atom is -0.759 e. The van der Waals surface area contributed by atoms with E-state index in [0.29, 0.717) is 0 Å². The van der Waals surface area contributed by atoms with Crippen LogP contribution >= 0.6 is 0 Å². The van der Waals surface area contributed by atoms with Crippen molar-refractivity contribution < 1.29 is 43.4 Å². The van der Waals surface area contributed by atoms with E-state index in [1.807, 2.05) is 0 Å². The van der Waals surface area contributed by atoms with Gasteiger partial charge in [-0.3, -0.25) is 8.42 Å². The molecule has 0 spiro atoms. The summed E-state index contributed by atoms with van der Waals surface area (Å²) < 4.78 is 34.1. The minimum atomic E-state index is -5.17. The van der Waals surface area contributed by atoms with Crippen molar-refractivity contribution >= 4 is 10.4 Å². The average molecular weight is 293 g/mol. The first-order valence-electron chi connectivity index (χ1n) is 0.667. The van der Waals surface area contributed by atoms with Gasteiger partial charge >= 0.3 is 25.8 Å². The molecule has 7 heavy (non-hydrogen) atoms. The molecule has 0 atom stereocenters. The van der Waals surface area contributed by atoms with Crippen molar-refractivity contribution in [2.45, 2.75) is 0 Å². The first-order valence-corrected chi connectivity index (χ1v) is 2.00. The van der Waals surface area contributed by atoms with E-state index in [-0.39, 0.29) is 32.0 Å². The van der Waals surface area contributed by atoms with Crippen LogP contribution in [-0.2, 0) is 36.2 Å². The van der Waals surface area contributed by atoms with E-state index in [1.165, 1.54) is 0 Å². The molecule has 7 heteroatoms. The van der Waals surface area contributed by atoms with Crippen molar-refractivity contribution in [3.8, 4) is 0 Å². The maximum absolute atomic E-state index is 8.52. The van der Waals surface area contributed by atoms with Gasteiger partial charge in [-0.1, -0.05) is 0 Å². The molecule has 5 nitrogen and oxygen atoms in total. The summed E-state index contributed by atoms with van der Waals surface area (Å²) in [5.74, 6) is 0. The molecule has 0 fully saturated rings. The molecule has 0 saturated heterocycles. The fraction of sp³-hybridized carbons (Fsp3) is 0. The maximum Gasteiger partial charge on any atom is 4.00 e. The Morgan fingerprint density at radius 2 is 1.14 bits per heavy atom. The first-order chi connectivity index (χ1) is 2.00. The van der Waals surface area contributed by atoms with Crippen LogP contribution in [0.15, 0.2) is 0 Å². The van der Waals surface area contributed by atoms with E-state index in [0.717, 1.165) is 0 Å². The Balaban J connectivity index is -0.0000000800. The van der Waals surface area contributed by atoms with Crippen LogP contribution in [0.2, 0.25) is 0 Å². The zero-order chi connectivity index (χ0) is 4.50. The summed E-state index contributed by atoms with van der Waals surface area (Å²) in [6, 6.07) is 0. The van der Waals surface area contributed by atoms with Crippen LogP contribution in [0.4, 0.5) is 0 Å². The summed E-state index contributed by atoms with van der Waals surface area (Å²) in [6.45, 7) is 0. The number of rotatable bonds is 0. The quantitative estimate of drug-likeness (QED) is 0.351. The second-order valence-electron chi connectivity index (χ2n) is 0.408. The summed E-state index contributed by atoms with van der Waals surface area (Å²) in [6.07, 6.45) is 0. The van der Waals surface area contributed by atoms with E-state index >= 15 is 0 Å². The van der Waals surface area contributed by atoms with E-state index in [2.05, 4.69) is 0 Å². The van der Waals surface area contributed by atoms with Gasteiger partial charge in [0.15, 0.2) is 0 Å². The van der Waals surface area contributed by atoms with Gasteiger partial charge in [0, 0.05) is 10.4 Å². The van der Waals surface area contributed by atoms with Gasteiger partial charge in [0.1, 0.15) is 0 Å². The third-order valence-corrected chi connectivity index (χ3v) is 0. The minimum absolute atomic E-state index is 0. The fourth-order valence-electron chi connectivity index (χ4n) is 0. The molecule has 0 bridgehead atoms. The summed E-state index contributed by atoms with van der Waals surface area (Å²) >= 11 is 0. The van der Waals surface area contributed by atoms with Gasteiger partial charge in [-0.2, -0.15) is 0 Å². The third kappa shape index (κ3) is 302. The monoisotopic (exact) mass is 294 g/mol. The van der Waals surface area contributed by atoms with Crippen LogP contribution in [0.1, 0.15) is 0 Å². The molecule has 0 aromatic heterocycles. The normalized spacial score (nSPS) is 8.29. The molecule has 40 valence electrons. The second-order valence-corrected chi connectivity index (χ2v) is 1.22. The molecule has 0 unspecified atom stereocenters. The van der Waals surface area contributed by atoms with Crippen molar-refractivity contribution in [1.29, 1.82) is 0 Å². The van der Waals surface area contributed by atoms with Crippen LogP contribution in [0, 0.1) is 0 Å². The molecule has 0 aromatic carbocycles. The molecular weight excluding hydrogens is 289 g/mol. The van der Waals surface area contributed by atoms with Gasteiger partial charge in [0.25, 0.3) is 0 Å². The molecule has 0 aliphatic carbocycles. The van der Waals surface area contributed by atoms with Gasteiger partial charge in [0.05, 0.1) is 0 Å². The van der Waals surface area contributed by atoms with Crippen LogP contribution in [0.5, 0.6) is 0 Å². The van der Waals surface area contributed by atoms with Gasteiger partial charge in [0.2, 0.25) is 0 Å². The maximum atomic E-state index is 8.52. The predicted octanol–water partition coefficient (Wildman–Crippen LogP) is -0.964. The fourth-order valence-corrected chi connectivity index (χ4v) is 0. The Morgan fingerprint density at radius 3 is 1.14 bits per heavy atom. The largest absolute Gasteiger partial charge is 4.00 e. The molecule has 0 amide bonds. The molecule has 0 aliphatic rings. The molecule has 0 aromatic rings. The van der Waals surface area contributed by atoms with Gasteiger partial charge < -0.3 is 15.3 Å². The second kappa shape index (κ2) is 4.85. The first kappa shape index (κ1) is 15.6. The summed E-state index contributed by atoms with van der Waals surface area (Å²) in [7, 11) is -5.17.